The van der Waals surface area contributed by atoms with Crippen molar-refractivity contribution in [3.05, 3.63) is 24.7 Å². The minimum absolute atomic E-state index is 0.306. The molecule has 8 heteroatoms. The molecule has 2 aliphatic heterocycles. The first kappa shape index (κ1) is 13.0. The minimum atomic E-state index is -1.16. The number of aliphatic hydroxyl groups is 3. The van der Waals surface area contributed by atoms with Gasteiger partial charge in [0.1, 0.15) is 30.0 Å². The Bertz CT molecular complexity index is 397. The van der Waals surface area contributed by atoms with E-state index >= 15 is 0 Å². The second kappa shape index (κ2) is 5.04. The monoisotopic (exact) mass is 256 g/mol. The molecule has 2 unspecified atom stereocenters. The number of amidine groups is 1. The van der Waals surface area contributed by atoms with Gasteiger partial charge in [-0.25, -0.2) is 10.8 Å². The van der Waals surface area contributed by atoms with Gasteiger partial charge in [-0.1, -0.05) is 6.58 Å². The fraction of sp³-hybridized carbons (Fsp3) is 0.500. The molecule has 0 bridgehead atoms. The Morgan fingerprint density at radius 3 is 2.72 bits per heavy atom. The summed E-state index contributed by atoms with van der Waals surface area (Å²) in [5.74, 6) is 5.94. The Labute approximate surface area is 104 Å². The van der Waals surface area contributed by atoms with Crippen LogP contribution in [0.25, 0.3) is 0 Å². The molecule has 0 aromatic rings. The second-order valence-electron chi connectivity index (χ2n) is 4.01. The molecule has 0 aromatic heterocycles. The molecule has 2 aliphatic rings. The molecule has 0 radical (unpaired) electrons. The van der Waals surface area contributed by atoms with Gasteiger partial charge in [-0.2, -0.15) is 0 Å². The van der Waals surface area contributed by atoms with Crippen molar-refractivity contribution in [1.29, 1.82) is 0 Å². The van der Waals surface area contributed by atoms with Gasteiger partial charge in [0.15, 0.2) is 6.23 Å². The van der Waals surface area contributed by atoms with E-state index in [9.17, 15) is 10.2 Å². The van der Waals surface area contributed by atoms with Crippen LogP contribution in [0.3, 0.4) is 0 Å². The summed E-state index contributed by atoms with van der Waals surface area (Å²) in [6.45, 7) is 3.33. The molecule has 1 saturated heterocycles. The largest absolute Gasteiger partial charge is 0.394 e. The lowest BCUT2D eigenvalue weighted by molar-refractivity contribution is -0.0692. The van der Waals surface area contributed by atoms with Gasteiger partial charge in [-0.05, 0) is 6.08 Å². The van der Waals surface area contributed by atoms with E-state index in [1.165, 1.54) is 4.90 Å². The Morgan fingerprint density at radius 2 is 2.22 bits per heavy atom. The highest BCUT2D eigenvalue weighted by atomic mass is 16.6. The van der Waals surface area contributed by atoms with Gasteiger partial charge in [-0.3, -0.25) is 0 Å². The summed E-state index contributed by atoms with van der Waals surface area (Å²) in [6.07, 6.45) is -0.840. The van der Waals surface area contributed by atoms with Crippen LogP contribution in [0, 0.1) is 0 Å². The van der Waals surface area contributed by atoms with Crippen molar-refractivity contribution in [3.8, 4) is 0 Å². The number of nitrogens with one attached hydrogen (secondary N) is 1. The first-order chi connectivity index (χ1) is 8.58. The van der Waals surface area contributed by atoms with Crippen molar-refractivity contribution in [2.45, 2.75) is 24.5 Å². The van der Waals surface area contributed by atoms with Gasteiger partial charge in [0.25, 0.3) is 0 Å². The van der Waals surface area contributed by atoms with E-state index in [0.717, 1.165) is 0 Å². The molecule has 2 rings (SSSR count). The molecule has 8 nitrogen and oxygen atoms in total. The third-order valence-electron chi connectivity index (χ3n) is 2.88. The van der Waals surface area contributed by atoms with E-state index in [2.05, 4.69) is 17.0 Å². The smallest absolute Gasteiger partial charge is 0.164 e. The maximum Gasteiger partial charge on any atom is 0.164 e. The average Bonchev–Trinajstić information content (AvgIpc) is 2.66. The molecule has 0 amide bonds. The van der Waals surface area contributed by atoms with E-state index < -0.39 is 24.5 Å². The van der Waals surface area contributed by atoms with Crippen LogP contribution >= 0.6 is 0 Å². The van der Waals surface area contributed by atoms with E-state index in [4.69, 9.17) is 15.7 Å². The fourth-order valence-corrected chi connectivity index (χ4v) is 1.89. The number of aliphatic hydroxyl groups excluding tert-OH is 3. The third-order valence-corrected chi connectivity index (χ3v) is 2.88. The zero-order valence-corrected chi connectivity index (χ0v) is 9.60. The summed E-state index contributed by atoms with van der Waals surface area (Å²) in [4.78, 5) is 5.49. The van der Waals surface area contributed by atoms with Gasteiger partial charge in [0, 0.05) is 6.20 Å². The molecule has 18 heavy (non-hydrogen) atoms. The highest BCUT2D eigenvalue weighted by Crippen LogP contribution is 2.27. The summed E-state index contributed by atoms with van der Waals surface area (Å²) >= 11 is 0. The molecule has 6 N–H and O–H groups in total. The van der Waals surface area contributed by atoms with Crippen molar-refractivity contribution < 1.29 is 20.1 Å². The molecule has 0 aliphatic carbocycles. The van der Waals surface area contributed by atoms with Gasteiger partial charge in [0.2, 0.25) is 0 Å². The molecule has 1 fully saturated rings. The first-order valence-corrected chi connectivity index (χ1v) is 5.41. The number of rotatable bonds is 2. The summed E-state index contributed by atoms with van der Waals surface area (Å²) in [7, 11) is 0. The van der Waals surface area contributed by atoms with E-state index in [-0.39, 0.29) is 6.61 Å². The van der Waals surface area contributed by atoms with Crippen molar-refractivity contribution in [3.63, 3.8) is 0 Å². The zero-order chi connectivity index (χ0) is 13.3. The minimum Gasteiger partial charge on any atom is -0.394 e. The van der Waals surface area contributed by atoms with Crippen LogP contribution < -0.4 is 11.3 Å². The number of nitrogens with zero attached hydrogens (tertiary/aromatic N) is 2. The van der Waals surface area contributed by atoms with Crippen LogP contribution in [0.2, 0.25) is 0 Å². The Hall–Kier alpha value is -1.45. The molecule has 100 valence electrons. The topological polar surface area (TPSA) is 124 Å². The van der Waals surface area contributed by atoms with Crippen molar-refractivity contribution in [1.82, 2.24) is 10.3 Å². The van der Waals surface area contributed by atoms with E-state index in [1.54, 1.807) is 12.3 Å². The highest BCUT2D eigenvalue weighted by molar-refractivity contribution is 5.93. The molecule has 0 aromatic carbocycles. The maximum absolute atomic E-state index is 9.86. The van der Waals surface area contributed by atoms with Crippen LogP contribution in [-0.2, 0) is 4.74 Å². The summed E-state index contributed by atoms with van der Waals surface area (Å²) in [5.41, 5.74) is 2.37. The van der Waals surface area contributed by atoms with Gasteiger partial charge in [-0.15, -0.1) is 0 Å². The number of ether oxygens (including phenoxy) is 1. The Kier molecular flexibility index (Phi) is 3.64. The predicted octanol–water partition coefficient (Wildman–Crippen LogP) is -2.41. The number of hydrogen-bond donors (Lipinski definition) is 5. The molecular formula is C10H16N4O4. The van der Waals surface area contributed by atoms with Gasteiger partial charge in [0.05, 0.1) is 6.61 Å². The molecule has 0 saturated carbocycles. The molecule has 4 atom stereocenters. The lowest BCUT2D eigenvalue weighted by Crippen LogP contribution is -2.42. The highest BCUT2D eigenvalue weighted by Gasteiger charge is 2.45. The summed E-state index contributed by atoms with van der Waals surface area (Å²) < 4.78 is 5.36. The van der Waals surface area contributed by atoms with Gasteiger partial charge >= 0.3 is 0 Å². The van der Waals surface area contributed by atoms with Crippen molar-refractivity contribution >= 4 is 5.84 Å². The lowest BCUT2D eigenvalue weighted by atomic mass is 10.1. The molecule has 2 heterocycles. The average molecular weight is 256 g/mol. The van der Waals surface area contributed by atoms with Crippen molar-refractivity contribution in [2.75, 3.05) is 6.61 Å². The van der Waals surface area contributed by atoms with Crippen molar-refractivity contribution in [2.24, 2.45) is 10.8 Å². The Morgan fingerprint density at radius 1 is 1.50 bits per heavy atom. The van der Waals surface area contributed by atoms with Crippen LogP contribution in [-0.4, -0.2) is 57.2 Å². The zero-order valence-electron chi connectivity index (χ0n) is 9.60. The normalized spacial score (nSPS) is 35.9. The van der Waals surface area contributed by atoms with Crippen LogP contribution in [0.15, 0.2) is 29.7 Å². The fourth-order valence-electron chi connectivity index (χ4n) is 1.89. The van der Waals surface area contributed by atoms with E-state index in [0.29, 0.717) is 11.7 Å². The van der Waals surface area contributed by atoms with Crippen LogP contribution in [0.4, 0.5) is 0 Å². The molecule has 0 spiro atoms. The SMILES string of the molecule is C=C1N=C(NN)C=CN1[C@@H]1O[C@H](CO)C(O)C1O. The first-order valence-electron chi connectivity index (χ1n) is 5.41. The van der Waals surface area contributed by atoms with E-state index in [1.807, 2.05) is 0 Å². The number of aliphatic imine (C=N–C) groups is 1. The summed E-state index contributed by atoms with van der Waals surface area (Å²) in [6, 6.07) is 0. The second-order valence-corrected chi connectivity index (χ2v) is 4.01. The standard InChI is InChI=1S/C10H16N4O4/c1-5-12-7(13-11)2-3-14(5)10-9(17)8(16)6(4-15)18-10/h2-3,6,8-10,15-17H,1,4,11H2,(H,12,13)/t6-,8?,9?,10-/m1/s1. The number of nitrogens with two attached hydrogens (primary N) is 1. The lowest BCUT2D eigenvalue weighted by Gasteiger charge is -2.30. The van der Waals surface area contributed by atoms with Crippen LogP contribution in [0.1, 0.15) is 0 Å². The maximum atomic E-state index is 9.86. The summed E-state index contributed by atoms with van der Waals surface area (Å²) in [5, 5.41) is 28.5. The molecular weight excluding hydrogens is 240 g/mol. The van der Waals surface area contributed by atoms with Gasteiger partial charge < -0.3 is 30.4 Å². The Balaban J connectivity index is 2.13. The number of hydrogen-bond acceptors (Lipinski definition) is 8. The number of hydrazine groups is 1. The predicted molar refractivity (Wildman–Crippen MR) is 62.6 cm³/mol. The quantitative estimate of drug-likeness (QED) is 0.275. The van der Waals surface area contributed by atoms with Crippen LogP contribution in [0.5, 0.6) is 0 Å². The third kappa shape index (κ3) is 2.11.